The fraction of sp³-hybridized carbons (Fsp3) is 0.306. The minimum Gasteiger partial charge on any atom is -0.274 e. The van der Waals surface area contributed by atoms with E-state index >= 15 is 0 Å². The predicted octanol–water partition coefficient (Wildman–Crippen LogP) is 4.64. The Hall–Kier alpha value is -5.25. The van der Waals surface area contributed by atoms with Gasteiger partial charge in [0, 0.05) is 18.2 Å². The minimum absolute atomic E-state index is 0.00588. The summed E-state index contributed by atoms with van der Waals surface area (Å²) in [7, 11) is 0. The van der Waals surface area contributed by atoms with Crippen molar-refractivity contribution in [3.63, 3.8) is 0 Å². The maximum Gasteiger partial charge on any atom is 0.293 e. The number of allylic oxidation sites excluding steroid dienone is 2. The van der Waals surface area contributed by atoms with E-state index in [1.54, 1.807) is 19.2 Å². The Morgan fingerprint density at radius 1 is 0.804 bits per heavy atom. The number of anilines is 1. The molecule has 8 aliphatic rings. The van der Waals surface area contributed by atoms with Crippen LogP contribution >= 0.6 is 0 Å². The normalized spacial score (nSPS) is 33.1. The summed E-state index contributed by atoms with van der Waals surface area (Å²) in [6.45, 7) is 1.71. The lowest BCUT2D eigenvalue weighted by Gasteiger charge is -2.52. The van der Waals surface area contributed by atoms with Gasteiger partial charge in [-0.1, -0.05) is 66.7 Å². The molecule has 10 heteroatoms. The van der Waals surface area contributed by atoms with Crippen LogP contribution in [0.4, 0.5) is 11.4 Å². The van der Waals surface area contributed by atoms with Crippen LogP contribution in [0.1, 0.15) is 46.6 Å². The van der Waals surface area contributed by atoms with Crippen molar-refractivity contribution in [3.05, 3.63) is 117 Å². The molecule has 11 rings (SSSR count). The van der Waals surface area contributed by atoms with Crippen molar-refractivity contribution in [2.75, 3.05) is 4.90 Å². The minimum atomic E-state index is -1.32. The molecule has 10 nitrogen and oxygen atoms in total. The van der Waals surface area contributed by atoms with Crippen LogP contribution in [0.3, 0.4) is 0 Å². The first kappa shape index (κ1) is 27.1. The van der Waals surface area contributed by atoms with Crippen LogP contribution in [-0.2, 0) is 24.6 Å². The number of hydrogen-bond acceptors (Lipinski definition) is 7. The Morgan fingerprint density at radius 3 is 1.96 bits per heavy atom. The molecule has 2 heterocycles. The van der Waals surface area contributed by atoms with Crippen LogP contribution in [0.15, 0.2) is 84.0 Å². The molecule has 4 bridgehead atoms. The van der Waals surface area contributed by atoms with Crippen molar-refractivity contribution < 1.29 is 24.1 Å². The van der Waals surface area contributed by atoms with Crippen molar-refractivity contribution in [1.82, 2.24) is 5.01 Å². The first-order chi connectivity index (χ1) is 22.2. The predicted molar refractivity (Wildman–Crippen MR) is 165 cm³/mol. The summed E-state index contributed by atoms with van der Waals surface area (Å²) in [5.41, 5.74) is 2.14. The lowest BCUT2D eigenvalue weighted by atomic mass is 9.47. The second-order valence-electron chi connectivity index (χ2n) is 13.4. The van der Waals surface area contributed by atoms with E-state index in [4.69, 9.17) is 0 Å². The molecular formula is C36H28N4O6. The molecule has 0 aromatic heterocycles. The standard InChI is InChI=1S/C36H28N4O6/c1-18-10-15-25(26(16-18)40(45)46)38-32(41)30-29-21-6-2-4-8-23(21)36(31(30)35(38)44,24-9-5-3-7-22(24)29)17-37-39-33(42)27-19-11-12-20(14-13-19)28(27)34(39)43/h2-12,15-17,19-20,27-31H,13-14H2,1H3/b37-17-/t19-,20-,27+,28+,29?,30+,31+,36?/m0/s1. The Kier molecular flexibility index (Phi) is 5.39. The van der Waals surface area contributed by atoms with E-state index in [0.717, 1.165) is 45.0 Å². The molecule has 2 saturated heterocycles. The number of nitro groups is 1. The third-order valence-electron chi connectivity index (χ3n) is 11.4. The summed E-state index contributed by atoms with van der Waals surface area (Å²) in [4.78, 5) is 69.3. The van der Waals surface area contributed by atoms with E-state index in [-0.39, 0.29) is 35.0 Å². The maximum absolute atomic E-state index is 14.7. The molecular weight excluding hydrogens is 584 g/mol. The molecule has 0 unspecified atom stereocenters. The summed E-state index contributed by atoms with van der Waals surface area (Å²) in [5.74, 6) is -5.04. The van der Waals surface area contributed by atoms with Gasteiger partial charge in [-0.05, 0) is 65.5 Å². The fourth-order valence-corrected chi connectivity index (χ4v) is 9.58. The van der Waals surface area contributed by atoms with Gasteiger partial charge in [0.05, 0.1) is 34.0 Å². The van der Waals surface area contributed by atoms with Crippen LogP contribution in [0.5, 0.6) is 0 Å². The Bertz CT molecular complexity index is 1940. The van der Waals surface area contributed by atoms with E-state index in [2.05, 4.69) is 5.10 Å². The number of aryl methyl sites for hydroxylation is 1. The number of imide groups is 2. The van der Waals surface area contributed by atoms with Gasteiger partial charge in [-0.15, -0.1) is 0 Å². The van der Waals surface area contributed by atoms with Crippen molar-refractivity contribution in [3.8, 4) is 0 Å². The maximum atomic E-state index is 14.7. The summed E-state index contributed by atoms with van der Waals surface area (Å²) in [6, 6.07) is 19.6. The molecule has 3 fully saturated rings. The molecule has 6 atom stereocenters. The summed E-state index contributed by atoms with van der Waals surface area (Å²) in [5, 5.41) is 17.8. The zero-order valence-corrected chi connectivity index (χ0v) is 24.8. The van der Waals surface area contributed by atoms with Gasteiger partial charge >= 0.3 is 0 Å². The van der Waals surface area contributed by atoms with Gasteiger partial charge in [0.1, 0.15) is 5.69 Å². The molecule has 4 amide bonds. The monoisotopic (exact) mass is 612 g/mol. The van der Waals surface area contributed by atoms with E-state index in [0.29, 0.717) is 5.56 Å². The van der Waals surface area contributed by atoms with Gasteiger partial charge in [-0.3, -0.25) is 29.3 Å². The molecule has 228 valence electrons. The Balaban J connectivity index is 1.24. The number of rotatable bonds is 4. The van der Waals surface area contributed by atoms with E-state index in [1.165, 1.54) is 12.1 Å². The first-order valence-corrected chi connectivity index (χ1v) is 15.7. The molecule has 6 aliphatic carbocycles. The number of nitro benzene ring substituents is 1. The molecule has 3 aromatic rings. The number of nitrogens with zero attached hydrogens (tertiary/aromatic N) is 4. The Morgan fingerprint density at radius 2 is 1.39 bits per heavy atom. The van der Waals surface area contributed by atoms with Crippen molar-refractivity contribution in [2.24, 2.45) is 40.6 Å². The number of carbonyl (C=O) groups is 4. The third kappa shape index (κ3) is 3.18. The molecule has 1 saturated carbocycles. The van der Waals surface area contributed by atoms with Crippen LogP contribution in [0, 0.1) is 52.5 Å². The SMILES string of the molecule is Cc1ccc(N2C(=O)[C@@H]3C4c5ccccc5C(/C=N\N5C(=O)[C@H]6[C@H](C5=O)[C@H]5C=C[C@H]6CC5)(c5ccccc54)[C@H]3C2=O)c([N+](=O)[O-])c1. The summed E-state index contributed by atoms with van der Waals surface area (Å²) in [6.07, 6.45) is 7.35. The van der Waals surface area contributed by atoms with Gasteiger partial charge in [-0.25, -0.2) is 4.90 Å². The highest BCUT2D eigenvalue weighted by atomic mass is 16.6. The van der Waals surface area contributed by atoms with Gasteiger partial charge in [0.2, 0.25) is 11.8 Å². The van der Waals surface area contributed by atoms with E-state index in [1.807, 2.05) is 60.7 Å². The number of hydrazone groups is 1. The molecule has 2 aliphatic heterocycles. The first-order valence-electron chi connectivity index (χ1n) is 15.7. The van der Waals surface area contributed by atoms with Crippen molar-refractivity contribution in [1.29, 1.82) is 0 Å². The highest BCUT2D eigenvalue weighted by Gasteiger charge is 2.68. The van der Waals surface area contributed by atoms with Gasteiger partial charge in [0.25, 0.3) is 17.5 Å². The third-order valence-corrected chi connectivity index (χ3v) is 11.4. The molecule has 0 radical (unpaired) electrons. The zero-order valence-electron chi connectivity index (χ0n) is 24.8. The second-order valence-corrected chi connectivity index (χ2v) is 13.4. The smallest absolute Gasteiger partial charge is 0.274 e. The zero-order chi connectivity index (χ0) is 31.6. The van der Waals surface area contributed by atoms with E-state index in [9.17, 15) is 29.3 Å². The fourth-order valence-electron chi connectivity index (χ4n) is 9.58. The molecule has 3 aromatic carbocycles. The number of fused-ring (bicyclic) bond motifs is 1. The van der Waals surface area contributed by atoms with Gasteiger partial charge in [0.15, 0.2) is 0 Å². The molecule has 0 spiro atoms. The highest BCUT2D eigenvalue weighted by Crippen LogP contribution is 2.64. The van der Waals surface area contributed by atoms with E-state index < -0.39 is 51.7 Å². The number of hydrogen-bond donors (Lipinski definition) is 0. The highest BCUT2D eigenvalue weighted by molar-refractivity contribution is 6.26. The average Bonchev–Trinajstić information content (AvgIpc) is 3.50. The lowest BCUT2D eigenvalue weighted by Crippen LogP contribution is -2.55. The average molecular weight is 613 g/mol. The lowest BCUT2D eigenvalue weighted by molar-refractivity contribution is -0.384. The topological polar surface area (TPSA) is 130 Å². The number of amides is 4. The molecule has 46 heavy (non-hydrogen) atoms. The number of benzene rings is 3. The van der Waals surface area contributed by atoms with Crippen LogP contribution < -0.4 is 4.90 Å². The van der Waals surface area contributed by atoms with Gasteiger partial charge in [-0.2, -0.15) is 10.1 Å². The van der Waals surface area contributed by atoms with Crippen LogP contribution in [0.25, 0.3) is 0 Å². The number of carbonyl (C=O) groups excluding carboxylic acids is 4. The molecule has 0 N–H and O–H groups in total. The second kappa shape index (κ2) is 9.15. The summed E-state index contributed by atoms with van der Waals surface area (Å²) >= 11 is 0. The van der Waals surface area contributed by atoms with Crippen molar-refractivity contribution >= 4 is 41.2 Å². The van der Waals surface area contributed by atoms with Gasteiger partial charge < -0.3 is 0 Å². The largest absolute Gasteiger partial charge is 0.293 e. The summed E-state index contributed by atoms with van der Waals surface area (Å²) < 4.78 is 0. The van der Waals surface area contributed by atoms with Crippen LogP contribution in [-0.4, -0.2) is 39.8 Å². The van der Waals surface area contributed by atoms with Crippen molar-refractivity contribution in [2.45, 2.75) is 31.1 Å². The quantitative estimate of drug-likeness (QED) is 0.139. The van der Waals surface area contributed by atoms with Crippen LogP contribution in [0.2, 0.25) is 0 Å². The Labute approximate surface area is 263 Å².